The molecule has 0 aliphatic carbocycles. The molecule has 1 aliphatic heterocycles. The Bertz CT molecular complexity index is 1380. The van der Waals surface area contributed by atoms with E-state index in [2.05, 4.69) is 12.1 Å². The van der Waals surface area contributed by atoms with Gasteiger partial charge in [-0.15, -0.1) is 0 Å². The highest BCUT2D eigenvalue weighted by Crippen LogP contribution is 2.41. The molecule has 0 saturated carbocycles. The van der Waals surface area contributed by atoms with Crippen LogP contribution in [0.4, 0.5) is 0 Å². The molecule has 2 heterocycles. The molecule has 7 nitrogen and oxygen atoms in total. The van der Waals surface area contributed by atoms with Crippen molar-refractivity contribution in [3.05, 3.63) is 136 Å². The minimum atomic E-state index is -1.45. The highest BCUT2D eigenvalue weighted by Gasteiger charge is 2.46. The lowest BCUT2D eigenvalue weighted by Gasteiger charge is -2.42. The maximum atomic E-state index is 10.8. The molecule has 5 rings (SSSR count). The van der Waals surface area contributed by atoms with Crippen molar-refractivity contribution < 1.29 is 29.5 Å². The fraction of sp³-hybridized carbons (Fsp3) is 0.343. The van der Waals surface area contributed by atoms with Crippen LogP contribution in [0, 0.1) is 13.8 Å². The van der Waals surface area contributed by atoms with Gasteiger partial charge in [0, 0.05) is 12.8 Å². The molecular weight excluding hydrogens is 530 g/mol. The van der Waals surface area contributed by atoms with E-state index in [1.54, 1.807) is 0 Å². The number of aromatic nitrogens is 1. The Labute approximate surface area is 247 Å². The number of aliphatic hydroxyl groups is 3. The van der Waals surface area contributed by atoms with Gasteiger partial charge in [-0.3, -0.25) is 4.98 Å². The molecule has 1 fully saturated rings. The summed E-state index contributed by atoms with van der Waals surface area (Å²) < 4.78 is 18.0. The zero-order valence-electron chi connectivity index (χ0n) is 24.3. The Hall–Kier alpha value is -3.43. The fourth-order valence-corrected chi connectivity index (χ4v) is 5.47. The zero-order valence-corrected chi connectivity index (χ0v) is 24.3. The van der Waals surface area contributed by atoms with Gasteiger partial charge in [0.2, 0.25) is 0 Å². The maximum absolute atomic E-state index is 10.8. The number of hydrogen-bond donors (Lipinski definition) is 3. The molecule has 0 unspecified atom stereocenters. The summed E-state index contributed by atoms with van der Waals surface area (Å²) in [5, 5.41) is 31.7. The average Bonchev–Trinajstić information content (AvgIpc) is 3.02. The third-order valence-corrected chi connectivity index (χ3v) is 7.96. The number of methoxy groups -OCH3 is 1. The second kappa shape index (κ2) is 13.3. The molecule has 5 atom stereocenters. The van der Waals surface area contributed by atoms with E-state index in [9.17, 15) is 15.3 Å². The van der Waals surface area contributed by atoms with Gasteiger partial charge in [0.25, 0.3) is 0 Å². The van der Waals surface area contributed by atoms with Crippen molar-refractivity contribution >= 4 is 0 Å². The van der Waals surface area contributed by atoms with Gasteiger partial charge in [-0.05, 0) is 55.5 Å². The summed E-state index contributed by atoms with van der Waals surface area (Å²) in [6.45, 7) is 3.96. The number of nitrogens with zero attached hydrogens (tertiary/aromatic N) is 1. The predicted molar refractivity (Wildman–Crippen MR) is 160 cm³/mol. The Kier molecular flexibility index (Phi) is 9.48. The van der Waals surface area contributed by atoms with E-state index >= 15 is 0 Å². The highest BCUT2D eigenvalue weighted by atomic mass is 16.7. The van der Waals surface area contributed by atoms with Gasteiger partial charge in [0.1, 0.15) is 24.4 Å². The number of pyridine rings is 1. The Balaban J connectivity index is 1.58. The Morgan fingerprint density at radius 2 is 1.33 bits per heavy atom. The maximum Gasteiger partial charge on any atom is 0.186 e. The van der Waals surface area contributed by atoms with Crippen LogP contribution in [-0.2, 0) is 32.7 Å². The smallest absolute Gasteiger partial charge is 0.186 e. The van der Waals surface area contributed by atoms with Gasteiger partial charge >= 0.3 is 0 Å². The Morgan fingerprint density at radius 3 is 1.93 bits per heavy atom. The molecule has 0 radical (unpaired) electrons. The molecule has 3 N–H and O–H groups in total. The van der Waals surface area contributed by atoms with Crippen LogP contribution in [0.25, 0.3) is 0 Å². The molecule has 1 aromatic heterocycles. The number of hydrogen-bond acceptors (Lipinski definition) is 7. The molecule has 42 heavy (non-hydrogen) atoms. The van der Waals surface area contributed by atoms with Gasteiger partial charge in [0.15, 0.2) is 11.9 Å². The van der Waals surface area contributed by atoms with Crippen LogP contribution < -0.4 is 0 Å². The topological polar surface area (TPSA) is 101 Å². The molecule has 3 aromatic carbocycles. The van der Waals surface area contributed by atoms with E-state index in [4.69, 9.17) is 19.2 Å². The fourth-order valence-electron chi connectivity index (χ4n) is 5.47. The van der Waals surface area contributed by atoms with E-state index in [0.29, 0.717) is 5.69 Å². The number of rotatable bonds is 10. The summed E-state index contributed by atoms with van der Waals surface area (Å²) in [4.78, 5) is 5.16. The second-order valence-corrected chi connectivity index (χ2v) is 11.0. The van der Waals surface area contributed by atoms with Crippen LogP contribution >= 0.6 is 0 Å². The molecule has 0 amide bonds. The molecule has 0 spiro atoms. The second-order valence-electron chi connectivity index (χ2n) is 11.0. The van der Waals surface area contributed by atoms with Crippen LogP contribution in [0.15, 0.2) is 97.1 Å². The summed E-state index contributed by atoms with van der Waals surface area (Å²) in [6.07, 6.45) is -4.70. The number of aryl methyl sites for hydroxylation is 4. The third kappa shape index (κ3) is 6.32. The van der Waals surface area contributed by atoms with E-state index in [1.807, 2.05) is 98.8 Å². The average molecular weight is 570 g/mol. The summed E-state index contributed by atoms with van der Waals surface area (Å²) in [7, 11) is 1.38. The largest absolute Gasteiger partial charge is 0.387 e. The lowest BCUT2D eigenvalue weighted by Crippen LogP contribution is -2.59. The van der Waals surface area contributed by atoms with Gasteiger partial charge < -0.3 is 29.5 Å². The molecule has 1 saturated heterocycles. The van der Waals surface area contributed by atoms with Crippen molar-refractivity contribution in [3.8, 4) is 0 Å². The predicted octanol–water partition coefficient (Wildman–Crippen LogP) is 4.25. The first-order chi connectivity index (χ1) is 20.3. The monoisotopic (exact) mass is 569 g/mol. The lowest BCUT2D eigenvalue weighted by molar-refractivity contribution is -0.299. The number of benzene rings is 3. The number of aliphatic hydroxyl groups excluding tert-OH is 3. The minimum Gasteiger partial charge on any atom is -0.387 e. The van der Waals surface area contributed by atoms with Crippen molar-refractivity contribution in [1.82, 2.24) is 4.98 Å². The molecule has 1 aliphatic rings. The van der Waals surface area contributed by atoms with Gasteiger partial charge in [-0.1, -0.05) is 96.1 Å². The third-order valence-electron chi connectivity index (χ3n) is 7.96. The minimum absolute atomic E-state index is 0.109. The van der Waals surface area contributed by atoms with Crippen LogP contribution in [0.3, 0.4) is 0 Å². The Morgan fingerprint density at radius 1 is 0.714 bits per heavy atom. The van der Waals surface area contributed by atoms with Crippen molar-refractivity contribution in [3.63, 3.8) is 0 Å². The normalized spacial score (nSPS) is 22.7. The van der Waals surface area contributed by atoms with Crippen LogP contribution in [-0.4, -0.2) is 64.7 Å². The first-order valence-corrected chi connectivity index (χ1v) is 14.3. The van der Waals surface area contributed by atoms with Crippen molar-refractivity contribution in [2.45, 2.75) is 63.0 Å². The standard InChI is InChI=1S/C35H39NO6/c1-23-12-17-26(18-13-23)35(27-19-14-24(2)15-20-27,41-22-29-31(37)32(38)33(39)34(40-3)42-29)30-11-7-10-28(36-30)21-16-25-8-5-4-6-9-25/h4-15,17-20,29,31-34,37-39H,16,21-22H2,1-3H3/t29-,31-,32+,33-,34+/m1/s1. The zero-order chi connectivity index (χ0) is 29.7. The van der Waals surface area contributed by atoms with E-state index < -0.39 is 36.3 Å². The molecule has 0 bridgehead atoms. The van der Waals surface area contributed by atoms with Gasteiger partial charge in [-0.25, -0.2) is 0 Å². The summed E-state index contributed by atoms with van der Waals surface area (Å²) in [5.74, 6) is 0. The molecule has 220 valence electrons. The van der Waals surface area contributed by atoms with Crippen molar-refractivity contribution in [2.24, 2.45) is 0 Å². The van der Waals surface area contributed by atoms with Crippen LogP contribution in [0.1, 0.15) is 39.2 Å². The van der Waals surface area contributed by atoms with E-state index in [-0.39, 0.29) is 6.61 Å². The first-order valence-electron chi connectivity index (χ1n) is 14.3. The molecule has 7 heteroatoms. The van der Waals surface area contributed by atoms with Gasteiger partial charge in [0.05, 0.1) is 12.3 Å². The SMILES string of the molecule is CO[C@H]1O[C@H](COC(c2ccc(C)cc2)(c2ccc(C)cc2)c2cccc(CCc3ccccc3)n2)[C@@H](O)[C@H](O)[C@H]1O. The van der Waals surface area contributed by atoms with E-state index in [1.165, 1.54) is 12.7 Å². The summed E-state index contributed by atoms with van der Waals surface area (Å²) in [6, 6.07) is 32.6. The van der Waals surface area contributed by atoms with E-state index in [0.717, 1.165) is 40.8 Å². The van der Waals surface area contributed by atoms with Crippen molar-refractivity contribution in [2.75, 3.05) is 13.7 Å². The highest BCUT2D eigenvalue weighted by molar-refractivity contribution is 5.46. The molecular formula is C35H39NO6. The first kappa shape index (κ1) is 30.0. The van der Waals surface area contributed by atoms with Crippen molar-refractivity contribution in [1.29, 1.82) is 0 Å². The molecule has 4 aromatic rings. The van der Waals surface area contributed by atoms with Crippen LogP contribution in [0.5, 0.6) is 0 Å². The quantitative estimate of drug-likeness (QED) is 0.263. The number of ether oxygens (including phenoxy) is 3. The summed E-state index contributed by atoms with van der Waals surface area (Å²) in [5.41, 5.74) is 5.61. The van der Waals surface area contributed by atoms with Crippen LogP contribution in [0.2, 0.25) is 0 Å². The van der Waals surface area contributed by atoms with Gasteiger partial charge in [-0.2, -0.15) is 0 Å². The summed E-state index contributed by atoms with van der Waals surface area (Å²) >= 11 is 0. The lowest BCUT2D eigenvalue weighted by atomic mass is 9.81.